The molecule has 0 aromatic carbocycles. The second-order valence-corrected chi connectivity index (χ2v) is 5.92. The number of aromatic nitrogens is 2. The van der Waals surface area contributed by atoms with Gasteiger partial charge in [0.05, 0.1) is 5.41 Å². The molecule has 0 bridgehead atoms. The van der Waals surface area contributed by atoms with Crippen LogP contribution in [0.3, 0.4) is 0 Å². The molecule has 0 fully saturated rings. The Bertz CT molecular complexity index is 482. The highest BCUT2D eigenvalue weighted by Gasteiger charge is 2.26. The number of carboxylic acids is 1. The molecule has 0 amide bonds. The van der Waals surface area contributed by atoms with Gasteiger partial charge in [-0.1, -0.05) is 11.8 Å². The molecule has 1 rings (SSSR count). The van der Waals surface area contributed by atoms with E-state index < -0.39 is 11.4 Å². The van der Waals surface area contributed by atoms with Gasteiger partial charge in [-0.25, -0.2) is 4.98 Å². The van der Waals surface area contributed by atoms with Crippen LogP contribution < -0.4 is 5.56 Å². The molecule has 0 aliphatic heterocycles. The van der Waals surface area contributed by atoms with Gasteiger partial charge in [-0.3, -0.25) is 9.59 Å². The van der Waals surface area contributed by atoms with Crippen LogP contribution in [-0.2, 0) is 4.79 Å². The van der Waals surface area contributed by atoms with Crippen molar-refractivity contribution in [3.63, 3.8) is 0 Å². The molecule has 0 aliphatic rings. The third-order valence-electron chi connectivity index (χ3n) is 2.61. The third-order valence-corrected chi connectivity index (χ3v) is 3.57. The van der Waals surface area contributed by atoms with Crippen molar-refractivity contribution in [2.75, 3.05) is 5.75 Å². The molecule has 0 unspecified atom stereocenters. The van der Waals surface area contributed by atoms with Crippen LogP contribution in [0.5, 0.6) is 0 Å². The van der Waals surface area contributed by atoms with E-state index in [9.17, 15) is 9.59 Å². The summed E-state index contributed by atoms with van der Waals surface area (Å²) in [4.78, 5) is 29.0. The Balaban J connectivity index is 2.43. The maximum Gasteiger partial charge on any atom is 0.309 e. The normalized spacial score (nSPS) is 11.5. The molecule has 1 aromatic rings. The van der Waals surface area contributed by atoms with E-state index in [1.54, 1.807) is 20.8 Å². The first kappa shape index (κ1) is 14.8. The van der Waals surface area contributed by atoms with Crippen LogP contribution in [-0.4, -0.2) is 26.8 Å². The quantitative estimate of drug-likeness (QED) is 0.469. The van der Waals surface area contributed by atoms with Gasteiger partial charge in [0.1, 0.15) is 0 Å². The zero-order valence-corrected chi connectivity index (χ0v) is 11.6. The van der Waals surface area contributed by atoms with Gasteiger partial charge in [-0.2, -0.15) is 0 Å². The molecule has 18 heavy (non-hydrogen) atoms. The highest BCUT2D eigenvalue weighted by atomic mass is 32.2. The number of carboxylic acid groups (broad SMARTS) is 1. The van der Waals surface area contributed by atoms with Crippen molar-refractivity contribution in [2.45, 2.75) is 38.8 Å². The largest absolute Gasteiger partial charge is 0.481 e. The summed E-state index contributed by atoms with van der Waals surface area (Å²) in [6.07, 6.45) is 1.37. The first-order valence-corrected chi connectivity index (χ1v) is 6.74. The number of nitrogens with zero attached hydrogens (tertiary/aromatic N) is 1. The first-order chi connectivity index (χ1) is 8.31. The molecule has 0 atom stereocenters. The maximum absolute atomic E-state index is 11.2. The average Bonchev–Trinajstić information content (AvgIpc) is 2.23. The molecule has 0 spiro atoms. The molecule has 0 aliphatic carbocycles. The van der Waals surface area contributed by atoms with Gasteiger partial charge < -0.3 is 10.1 Å². The predicted molar refractivity (Wildman–Crippen MR) is 71.0 cm³/mol. The molecule has 6 heteroatoms. The standard InChI is InChI=1S/C12H18N2O3S/c1-8-7-9(15)14-11(13-8)18-6-4-5-12(2,3)10(16)17/h7H,4-6H2,1-3H3,(H,16,17)(H,13,14,15). The van der Waals surface area contributed by atoms with Gasteiger partial charge >= 0.3 is 5.97 Å². The number of rotatable bonds is 6. The molecule has 0 radical (unpaired) electrons. The topological polar surface area (TPSA) is 83.0 Å². The smallest absolute Gasteiger partial charge is 0.309 e. The van der Waals surface area contributed by atoms with E-state index in [1.165, 1.54) is 17.8 Å². The average molecular weight is 270 g/mol. The predicted octanol–water partition coefficient (Wildman–Crippen LogP) is 2.06. The minimum Gasteiger partial charge on any atom is -0.481 e. The highest BCUT2D eigenvalue weighted by Crippen LogP contribution is 2.24. The van der Waals surface area contributed by atoms with Crippen molar-refractivity contribution >= 4 is 17.7 Å². The first-order valence-electron chi connectivity index (χ1n) is 5.75. The summed E-state index contributed by atoms with van der Waals surface area (Å²) in [5, 5.41) is 9.55. The number of hydrogen-bond donors (Lipinski definition) is 2. The Hall–Kier alpha value is -1.30. The number of nitrogens with one attached hydrogen (secondary N) is 1. The zero-order valence-electron chi connectivity index (χ0n) is 10.8. The van der Waals surface area contributed by atoms with Gasteiger partial charge in [0.25, 0.3) is 5.56 Å². The Morgan fingerprint density at radius 2 is 2.22 bits per heavy atom. The summed E-state index contributed by atoms with van der Waals surface area (Å²) < 4.78 is 0. The Kier molecular flexibility index (Phi) is 4.95. The van der Waals surface area contributed by atoms with E-state index >= 15 is 0 Å². The van der Waals surface area contributed by atoms with Crippen molar-refractivity contribution in [1.29, 1.82) is 0 Å². The lowest BCUT2D eigenvalue weighted by Crippen LogP contribution is -2.23. The second kappa shape index (κ2) is 6.04. The molecule has 2 N–H and O–H groups in total. The van der Waals surface area contributed by atoms with Gasteiger partial charge in [-0.05, 0) is 33.6 Å². The van der Waals surface area contributed by atoms with Gasteiger partial charge in [-0.15, -0.1) is 0 Å². The summed E-state index contributed by atoms with van der Waals surface area (Å²) in [6, 6.07) is 1.44. The molecule has 0 saturated heterocycles. The van der Waals surface area contributed by atoms with Crippen molar-refractivity contribution in [3.05, 3.63) is 22.1 Å². The van der Waals surface area contributed by atoms with Gasteiger partial charge in [0.2, 0.25) is 0 Å². The molecular weight excluding hydrogens is 252 g/mol. The molecular formula is C12H18N2O3S. The fraction of sp³-hybridized carbons (Fsp3) is 0.583. The Morgan fingerprint density at radius 1 is 1.56 bits per heavy atom. The van der Waals surface area contributed by atoms with Crippen LogP contribution in [0.4, 0.5) is 0 Å². The molecule has 1 heterocycles. The lowest BCUT2D eigenvalue weighted by molar-refractivity contribution is -0.147. The lowest BCUT2D eigenvalue weighted by Gasteiger charge is -2.18. The summed E-state index contributed by atoms with van der Waals surface area (Å²) >= 11 is 1.44. The minimum atomic E-state index is -0.783. The van der Waals surface area contributed by atoms with Gasteiger partial charge in [0, 0.05) is 17.5 Å². The lowest BCUT2D eigenvalue weighted by atomic mass is 9.88. The van der Waals surface area contributed by atoms with Crippen LogP contribution >= 0.6 is 11.8 Å². The number of aromatic amines is 1. The van der Waals surface area contributed by atoms with E-state index in [0.29, 0.717) is 17.3 Å². The SMILES string of the molecule is Cc1cc(=O)[nH]c(SCCCC(C)(C)C(=O)O)n1. The van der Waals surface area contributed by atoms with E-state index in [4.69, 9.17) is 5.11 Å². The van der Waals surface area contributed by atoms with E-state index in [-0.39, 0.29) is 5.56 Å². The summed E-state index contributed by atoms with van der Waals surface area (Å²) in [7, 11) is 0. The number of aryl methyl sites for hydroxylation is 1. The maximum atomic E-state index is 11.2. The number of H-pyrrole nitrogens is 1. The van der Waals surface area contributed by atoms with Crippen LogP contribution in [0.1, 0.15) is 32.4 Å². The van der Waals surface area contributed by atoms with Crippen molar-refractivity contribution in [1.82, 2.24) is 9.97 Å². The number of carbonyl (C=O) groups is 1. The van der Waals surface area contributed by atoms with Crippen molar-refractivity contribution in [2.24, 2.45) is 5.41 Å². The molecule has 5 nitrogen and oxygen atoms in total. The minimum absolute atomic E-state index is 0.157. The summed E-state index contributed by atoms with van der Waals surface area (Å²) in [5.74, 6) is -0.0436. The molecule has 0 saturated carbocycles. The van der Waals surface area contributed by atoms with Crippen LogP contribution in [0.2, 0.25) is 0 Å². The number of hydrogen-bond acceptors (Lipinski definition) is 4. The van der Waals surface area contributed by atoms with Crippen molar-refractivity contribution < 1.29 is 9.90 Å². The van der Waals surface area contributed by atoms with Gasteiger partial charge in [0.15, 0.2) is 5.16 Å². The van der Waals surface area contributed by atoms with Crippen molar-refractivity contribution in [3.8, 4) is 0 Å². The van der Waals surface area contributed by atoms with Crippen LogP contribution in [0.15, 0.2) is 16.0 Å². The third kappa shape index (κ3) is 4.52. The molecule has 100 valence electrons. The fourth-order valence-electron chi connectivity index (χ4n) is 1.41. The summed E-state index contributed by atoms with van der Waals surface area (Å²) in [5.41, 5.74) is -0.170. The Labute approximate surface area is 110 Å². The number of aliphatic carboxylic acids is 1. The second-order valence-electron chi connectivity index (χ2n) is 4.83. The van der Waals surface area contributed by atoms with Crippen LogP contribution in [0, 0.1) is 12.3 Å². The van der Waals surface area contributed by atoms with Crippen LogP contribution in [0.25, 0.3) is 0 Å². The monoisotopic (exact) mass is 270 g/mol. The zero-order chi connectivity index (χ0) is 13.8. The van der Waals surface area contributed by atoms with E-state index in [0.717, 1.165) is 12.2 Å². The Morgan fingerprint density at radius 3 is 2.78 bits per heavy atom. The molecule has 1 aromatic heterocycles. The van der Waals surface area contributed by atoms with E-state index in [1.807, 2.05) is 0 Å². The fourth-order valence-corrected chi connectivity index (χ4v) is 2.27. The number of thioether (sulfide) groups is 1. The summed E-state index contributed by atoms with van der Waals surface area (Å²) in [6.45, 7) is 5.20. The highest BCUT2D eigenvalue weighted by molar-refractivity contribution is 7.99. The van der Waals surface area contributed by atoms with E-state index in [2.05, 4.69) is 9.97 Å².